The number of fused-ring (bicyclic) bond motifs is 1. The Hall–Kier alpha value is -1.35. The third-order valence-corrected chi connectivity index (χ3v) is 5.22. The molecular formula is C17H24N2O. The number of hydrogen-bond acceptors (Lipinski definition) is 2. The number of rotatable bonds is 2. The fraction of sp³-hybridized carbons (Fsp3) is 0.588. The Morgan fingerprint density at radius 3 is 2.85 bits per heavy atom. The normalized spacial score (nSPS) is 32.7. The van der Waals surface area contributed by atoms with Crippen LogP contribution in [0, 0.1) is 5.41 Å². The topological polar surface area (TPSA) is 55.1 Å². The number of benzene rings is 1. The van der Waals surface area contributed by atoms with Crippen LogP contribution in [0.4, 0.5) is 0 Å². The van der Waals surface area contributed by atoms with Crippen molar-refractivity contribution in [2.45, 2.75) is 57.5 Å². The van der Waals surface area contributed by atoms with Crippen molar-refractivity contribution >= 4 is 5.91 Å². The molecule has 3 nitrogen and oxygen atoms in total. The number of carbonyl (C=O) groups excluding carboxylic acids is 1. The van der Waals surface area contributed by atoms with Crippen LogP contribution in [0.3, 0.4) is 0 Å². The summed E-state index contributed by atoms with van der Waals surface area (Å²) in [5.74, 6) is 0.143. The fourth-order valence-electron chi connectivity index (χ4n) is 3.70. The van der Waals surface area contributed by atoms with E-state index in [0.29, 0.717) is 0 Å². The Kier molecular flexibility index (Phi) is 3.55. The predicted molar refractivity (Wildman–Crippen MR) is 80.2 cm³/mol. The van der Waals surface area contributed by atoms with Crippen LogP contribution >= 0.6 is 0 Å². The van der Waals surface area contributed by atoms with E-state index in [1.54, 1.807) is 0 Å². The first-order valence-corrected chi connectivity index (χ1v) is 7.75. The van der Waals surface area contributed by atoms with E-state index in [2.05, 4.69) is 29.6 Å². The van der Waals surface area contributed by atoms with Crippen molar-refractivity contribution in [3.63, 3.8) is 0 Å². The van der Waals surface area contributed by atoms with Crippen molar-refractivity contribution in [3.8, 4) is 0 Å². The van der Waals surface area contributed by atoms with Crippen LogP contribution < -0.4 is 11.1 Å². The maximum absolute atomic E-state index is 12.7. The van der Waals surface area contributed by atoms with E-state index >= 15 is 0 Å². The van der Waals surface area contributed by atoms with Gasteiger partial charge in [0.25, 0.3) is 0 Å². The average molecular weight is 272 g/mol. The lowest BCUT2D eigenvalue weighted by molar-refractivity contribution is -0.131. The summed E-state index contributed by atoms with van der Waals surface area (Å²) >= 11 is 0. The number of amides is 1. The van der Waals surface area contributed by atoms with Gasteiger partial charge in [0.1, 0.15) is 0 Å². The van der Waals surface area contributed by atoms with Gasteiger partial charge in [-0.05, 0) is 50.2 Å². The number of hydrogen-bond donors (Lipinski definition) is 2. The molecule has 3 atom stereocenters. The lowest BCUT2D eigenvalue weighted by atomic mass is 9.82. The highest BCUT2D eigenvalue weighted by Crippen LogP contribution is 2.38. The molecule has 2 aliphatic carbocycles. The van der Waals surface area contributed by atoms with Gasteiger partial charge >= 0.3 is 0 Å². The molecule has 0 aromatic heterocycles. The summed E-state index contributed by atoms with van der Waals surface area (Å²) in [6.45, 7) is 2.02. The number of nitrogens with one attached hydrogen (secondary N) is 1. The molecule has 108 valence electrons. The van der Waals surface area contributed by atoms with Gasteiger partial charge < -0.3 is 11.1 Å². The molecule has 3 rings (SSSR count). The van der Waals surface area contributed by atoms with Gasteiger partial charge in [0.05, 0.1) is 11.5 Å². The molecule has 0 bridgehead atoms. The van der Waals surface area contributed by atoms with Gasteiger partial charge in [-0.3, -0.25) is 4.79 Å². The zero-order valence-electron chi connectivity index (χ0n) is 12.2. The van der Waals surface area contributed by atoms with E-state index in [-0.39, 0.29) is 23.4 Å². The van der Waals surface area contributed by atoms with Crippen molar-refractivity contribution in [1.29, 1.82) is 0 Å². The Labute approximate surface area is 120 Å². The van der Waals surface area contributed by atoms with Crippen molar-refractivity contribution in [1.82, 2.24) is 5.32 Å². The molecule has 1 fully saturated rings. The number of nitrogens with two attached hydrogens (primary N) is 1. The Balaban J connectivity index is 1.77. The lowest BCUT2D eigenvalue weighted by Gasteiger charge is -2.32. The second kappa shape index (κ2) is 5.21. The molecule has 3 unspecified atom stereocenters. The van der Waals surface area contributed by atoms with Gasteiger partial charge in [0.15, 0.2) is 0 Å². The van der Waals surface area contributed by atoms with E-state index in [9.17, 15) is 4.79 Å². The largest absolute Gasteiger partial charge is 0.349 e. The van der Waals surface area contributed by atoms with Crippen molar-refractivity contribution in [2.75, 3.05) is 0 Å². The van der Waals surface area contributed by atoms with Gasteiger partial charge in [-0.15, -0.1) is 0 Å². The quantitative estimate of drug-likeness (QED) is 0.869. The van der Waals surface area contributed by atoms with Crippen LogP contribution in [0.5, 0.6) is 0 Å². The SMILES string of the molecule is CC1(C(=O)NC2CCCc3ccccc32)CCCC1N. The Morgan fingerprint density at radius 2 is 2.10 bits per heavy atom. The standard InChI is InChI=1S/C17H24N2O/c1-17(11-5-10-15(17)18)16(20)19-14-9-4-7-12-6-2-3-8-13(12)14/h2-3,6,8,14-15H,4-5,7,9-11,18H2,1H3,(H,19,20). The summed E-state index contributed by atoms with van der Waals surface area (Å²) < 4.78 is 0. The van der Waals surface area contributed by atoms with Crippen molar-refractivity contribution < 1.29 is 4.79 Å². The highest BCUT2D eigenvalue weighted by molar-refractivity contribution is 5.84. The first kappa shape index (κ1) is 13.6. The average Bonchev–Trinajstić information content (AvgIpc) is 2.80. The van der Waals surface area contributed by atoms with E-state index in [1.165, 1.54) is 11.1 Å². The van der Waals surface area contributed by atoms with Gasteiger partial charge in [-0.25, -0.2) is 0 Å². The second-order valence-electron chi connectivity index (χ2n) is 6.53. The molecule has 3 N–H and O–H groups in total. The maximum atomic E-state index is 12.7. The molecule has 3 heteroatoms. The van der Waals surface area contributed by atoms with E-state index in [1.807, 2.05) is 6.92 Å². The van der Waals surface area contributed by atoms with Gasteiger partial charge in [0, 0.05) is 6.04 Å². The maximum Gasteiger partial charge on any atom is 0.227 e. The third-order valence-electron chi connectivity index (χ3n) is 5.22. The predicted octanol–water partition coefficient (Wildman–Crippen LogP) is 2.70. The van der Waals surface area contributed by atoms with Crippen molar-refractivity contribution in [2.24, 2.45) is 11.1 Å². The van der Waals surface area contributed by atoms with Crippen molar-refractivity contribution in [3.05, 3.63) is 35.4 Å². The summed E-state index contributed by atoms with van der Waals surface area (Å²) in [7, 11) is 0. The second-order valence-corrected chi connectivity index (χ2v) is 6.53. The first-order chi connectivity index (χ1) is 9.61. The Morgan fingerprint density at radius 1 is 1.30 bits per heavy atom. The fourth-order valence-corrected chi connectivity index (χ4v) is 3.70. The third kappa shape index (κ3) is 2.24. The first-order valence-electron chi connectivity index (χ1n) is 7.75. The van der Waals surface area contributed by atoms with Crippen LogP contribution in [0.25, 0.3) is 0 Å². The molecule has 1 amide bonds. The van der Waals surface area contributed by atoms with Crippen LogP contribution in [-0.2, 0) is 11.2 Å². The molecule has 0 heterocycles. The summed E-state index contributed by atoms with van der Waals surface area (Å²) in [5, 5.41) is 3.27. The molecule has 1 aromatic carbocycles. The van der Waals surface area contributed by atoms with Gasteiger partial charge in [-0.1, -0.05) is 30.7 Å². The smallest absolute Gasteiger partial charge is 0.227 e. The highest BCUT2D eigenvalue weighted by atomic mass is 16.2. The highest BCUT2D eigenvalue weighted by Gasteiger charge is 2.43. The molecule has 0 saturated heterocycles. The Bertz CT molecular complexity index is 513. The molecule has 1 aromatic rings. The minimum absolute atomic E-state index is 0.00124. The lowest BCUT2D eigenvalue weighted by Crippen LogP contribution is -2.48. The van der Waals surface area contributed by atoms with E-state index in [4.69, 9.17) is 5.73 Å². The van der Waals surface area contributed by atoms with Crippen LogP contribution in [0.1, 0.15) is 56.2 Å². The zero-order chi connectivity index (χ0) is 14.2. The van der Waals surface area contributed by atoms with E-state index in [0.717, 1.165) is 38.5 Å². The minimum atomic E-state index is -0.383. The molecule has 0 aliphatic heterocycles. The van der Waals surface area contributed by atoms with Gasteiger partial charge in [-0.2, -0.15) is 0 Å². The van der Waals surface area contributed by atoms with E-state index < -0.39 is 0 Å². The number of carbonyl (C=O) groups is 1. The molecular weight excluding hydrogens is 248 g/mol. The summed E-state index contributed by atoms with van der Waals surface area (Å²) in [4.78, 5) is 12.7. The molecule has 20 heavy (non-hydrogen) atoms. The van der Waals surface area contributed by atoms with Crippen LogP contribution in [0.15, 0.2) is 24.3 Å². The zero-order valence-corrected chi connectivity index (χ0v) is 12.2. The minimum Gasteiger partial charge on any atom is -0.349 e. The number of aryl methyl sites for hydroxylation is 1. The molecule has 2 aliphatic rings. The molecule has 1 saturated carbocycles. The monoisotopic (exact) mass is 272 g/mol. The molecule has 0 radical (unpaired) electrons. The van der Waals surface area contributed by atoms with Crippen LogP contribution in [-0.4, -0.2) is 11.9 Å². The van der Waals surface area contributed by atoms with Crippen LogP contribution in [0.2, 0.25) is 0 Å². The molecule has 0 spiro atoms. The summed E-state index contributed by atoms with van der Waals surface area (Å²) in [6, 6.07) is 8.63. The van der Waals surface area contributed by atoms with Gasteiger partial charge in [0.2, 0.25) is 5.91 Å². The summed E-state index contributed by atoms with van der Waals surface area (Å²) in [6.07, 6.45) is 6.24. The summed E-state index contributed by atoms with van der Waals surface area (Å²) in [5.41, 5.74) is 8.44.